The van der Waals surface area contributed by atoms with Crippen molar-refractivity contribution in [1.29, 1.82) is 0 Å². The number of carbonyl (C=O) groups excluding carboxylic acids is 1. The van der Waals surface area contributed by atoms with E-state index >= 15 is 0 Å². The minimum absolute atomic E-state index is 0.153. The maximum Gasteiger partial charge on any atom is 0.495 e. The molecule has 2 aromatic rings. The lowest BCUT2D eigenvalue weighted by Gasteiger charge is -2.34. The summed E-state index contributed by atoms with van der Waals surface area (Å²) in [7, 11) is 1.41. The summed E-state index contributed by atoms with van der Waals surface area (Å²) >= 11 is 0. The molecule has 1 aromatic carbocycles. The fourth-order valence-corrected chi connectivity index (χ4v) is 4.44. The van der Waals surface area contributed by atoms with Crippen LogP contribution < -0.4 is 5.46 Å². The number of morpholine rings is 1. The molecular weight excluding hydrogens is 445 g/mol. The Balaban J connectivity index is 1.63. The van der Waals surface area contributed by atoms with E-state index in [1.54, 1.807) is 9.58 Å². The van der Waals surface area contributed by atoms with Crippen LogP contribution in [0.15, 0.2) is 30.6 Å². The lowest BCUT2D eigenvalue weighted by molar-refractivity contribution is -0.0414. The molecule has 0 bridgehead atoms. The van der Waals surface area contributed by atoms with Crippen molar-refractivity contribution in [2.45, 2.75) is 77.8 Å². The molecule has 8 nitrogen and oxygen atoms in total. The van der Waals surface area contributed by atoms with Crippen LogP contribution in [0.25, 0.3) is 11.1 Å². The minimum Gasteiger partial charge on any atom is -0.444 e. The maximum absolute atomic E-state index is 12.7. The van der Waals surface area contributed by atoms with Gasteiger partial charge in [0.2, 0.25) is 0 Å². The van der Waals surface area contributed by atoms with Crippen LogP contribution in [0.2, 0.25) is 0 Å². The first kappa shape index (κ1) is 25.7. The average Bonchev–Trinajstić information content (AvgIpc) is 3.26. The largest absolute Gasteiger partial charge is 0.495 e. The zero-order valence-corrected chi connectivity index (χ0v) is 22.3. The average molecular weight is 483 g/mol. The van der Waals surface area contributed by atoms with Crippen molar-refractivity contribution in [2.24, 2.45) is 7.05 Å². The summed E-state index contributed by atoms with van der Waals surface area (Å²) in [6.07, 6.45) is 4.05. The van der Waals surface area contributed by atoms with Gasteiger partial charge in [-0.3, -0.25) is 4.68 Å². The number of hydrogen-bond acceptors (Lipinski definition) is 6. The standard InChI is InChI=1S/C26H38BN3O5/c1-24(2,3)33-23(31)30-12-13-32-20(17-30)14-18-10-9-11-21(22(18)19-15-28-29(8)16-19)27-34-25(4,5)26(6,7)35-27/h9-11,15-16,20H,12-14,17H2,1-8H3. The molecule has 1 atom stereocenters. The van der Waals surface area contributed by atoms with Gasteiger partial charge in [-0.1, -0.05) is 18.2 Å². The summed E-state index contributed by atoms with van der Waals surface area (Å²) in [4.78, 5) is 14.4. The van der Waals surface area contributed by atoms with E-state index in [1.165, 1.54) is 0 Å². The Bertz CT molecular complexity index is 1060. The van der Waals surface area contributed by atoms with Gasteiger partial charge in [0, 0.05) is 31.8 Å². The number of nitrogens with zero attached hydrogens (tertiary/aromatic N) is 3. The Morgan fingerprint density at radius 3 is 2.49 bits per heavy atom. The Hall–Kier alpha value is -2.36. The lowest BCUT2D eigenvalue weighted by Crippen LogP contribution is -2.48. The van der Waals surface area contributed by atoms with Crippen molar-refractivity contribution >= 4 is 18.7 Å². The lowest BCUT2D eigenvalue weighted by atomic mass is 9.73. The van der Waals surface area contributed by atoms with Crippen LogP contribution in [-0.4, -0.2) is 70.5 Å². The SMILES string of the molecule is Cn1cc(-c2c(CC3CN(C(=O)OC(C)(C)C)CCO3)cccc2B2OC(C)(C)C(C)(C)O2)cn1. The molecule has 2 saturated heterocycles. The smallest absolute Gasteiger partial charge is 0.444 e. The van der Waals surface area contributed by atoms with Gasteiger partial charge in [0.15, 0.2) is 0 Å². The first-order valence-electron chi connectivity index (χ1n) is 12.3. The summed E-state index contributed by atoms with van der Waals surface area (Å²) in [5.41, 5.74) is 2.68. The van der Waals surface area contributed by atoms with E-state index in [0.717, 1.165) is 22.2 Å². The molecular formula is C26H38BN3O5. The van der Waals surface area contributed by atoms with E-state index in [1.807, 2.05) is 46.3 Å². The summed E-state index contributed by atoms with van der Waals surface area (Å²) in [5, 5.41) is 4.41. The Morgan fingerprint density at radius 1 is 1.20 bits per heavy atom. The van der Waals surface area contributed by atoms with Gasteiger partial charge in [-0.15, -0.1) is 0 Å². The Kier molecular flexibility index (Phi) is 6.81. The van der Waals surface area contributed by atoms with E-state index in [4.69, 9.17) is 18.8 Å². The van der Waals surface area contributed by atoms with Gasteiger partial charge in [-0.2, -0.15) is 5.10 Å². The van der Waals surface area contributed by atoms with Gasteiger partial charge in [0.25, 0.3) is 0 Å². The number of ether oxygens (including phenoxy) is 2. The van der Waals surface area contributed by atoms with Crippen LogP contribution in [0.1, 0.15) is 54.0 Å². The molecule has 2 fully saturated rings. The second-order valence-electron chi connectivity index (χ2n) is 11.5. The van der Waals surface area contributed by atoms with Crippen molar-refractivity contribution in [2.75, 3.05) is 19.7 Å². The minimum atomic E-state index is -0.532. The normalized spacial score (nSPS) is 21.9. The summed E-state index contributed by atoms with van der Waals surface area (Å²) in [6, 6.07) is 6.19. The van der Waals surface area contributed by atoms with E-state index in [9.17, 15) is 4.79 Å². The topological polar surface area (TPSA) is 75.1 Å². The van der Waals surface area contributed by atoms with Crippen LogP contribution in [0.5, 0.6) is 0 Å². The van der Waals surface area contributed by atoms with Gasteiger partial charge in [0.05, 0.1) is 36.7 Å². The monoisotopic (exact) mass is 483 g/mol. The van der Waals surface area contributed by atoms with Crippen molar-refractivity contribution in [3.05, 3.63) is 36.2 Å². The molecule has 2 aliphatic heterocycles. The second kappa shape index (κ2) is 9.26. The van der Waals surface area contributed by atoms with Crippen molar-refractivity contribution in [1.82, 2.24) is 14.7 Å². The molecule has 0 saturated carbocycles. The number of aryl methyl sites for hydroxylation is 1. The predicted octanol–water partition coefficient (Wildman–Crippen LogP) is 3.56. The fraction of sp³-hybridized carbons (Fsp3) is 0.615. The first-order valence-corrected chi connectivity index (χ1v) is 12.3. The highest BCUT2D eigenvalue weighted by atomic mass is 16.7. The van der Waals surface area contributed by atoms with Crippen molar-refractivity contribution in [3.63, 3.8) is 0 Å². The van der Waals surface area contributed by atoms with Crippen molar-refractivity contribution < 1.29 is 23.6 Å². The number of amides is 1. The Morgan fingerprint density at radius 2 is 1.89 bits per heavy atom. The third-order valence-corrected chi connectivity index (χ3v) is 6.92. The maximum atomic E-state index is 12.7. The van der Waals surface area contributed by atoms with Crippen LogP contribution in [0, 0.1) is 0 Å². The third kappa shape index (κ3) is 5.57. The zero-order chi connectivity index (χ0) is 25.6. The van der Waals surface area contributed by atoms with Gasteiger partial charge < -0.3 is 23.7 Å². The molecule has 0 aliphatic carbocycles. The van der Waals surface area contributed by atoms with E-state index in [-0.39, 0.29) is 12.2 Å². The quantitative estimate of drug-likeness (QED) is 0.620. The molecule has 0 spiro atoms. The van der Waals surface area contributed by atoms with Crippen LogP contribution in [-0.2, 0) is 32.3 Å². The van der Waals surface area contributed by atoms with Crippen molar-refractivity contribution in [3.8, 4) is 11.1 Å². The number of rotatable bonds is 4. The van der Waals surface area contributed by atoms with Crippen LogP contribution in [0.3, 0.4) is 0 Å². The van der Waals surface area contributed by atoms with Crippen LogP contribution >= 0.6 is 0 Å². The number of carbonyl (C=O) groups is 1. The molecule has 1 aromatic heterocycles. The molecule has 0 N–H and O–H groups in total. The molecule has 1 unspecified atom stereocenters. The molecule has 0 radical (unpaired) electrons. The highest BCUT2D eigenvalue weighted by molar-refractivity contribution is 6.64. The molecule has 35 heavy (non-hydrogen) atoms. The number of hydrogen-bond donors (Lipinski definition) is 0. The molecule has 9 heteroatoms. The summed E-state index contributed by atoms with van der Waals surface area (Å²) in [6.45, 7) is 15.3. The molecule has 190 valence electrons. The van der Waals surface area contributed by atoms with Crippen LogP contribution in [0.4, 0.5) is 4.79 Å². The van der Waals surface area contributed by atoms with Gasteiger partial charge in [-0.25, -0.2) is 4.79 Å². The van der Waals surface area contributed by atoms with E-state index in [2.05, 4.69) is 44.9 Å². The summed E-state index contributed by atoms with van der Waals surface area (Å²) < 4.78 is 26.3. The van der Waals surface area contributed by atoms with Gasteiger partial charge >= 0.3 is 13.2 Å². The number of benzene rings is 1. The predicted molar refractivity (Wildman–Crippen MR) is 136 cm³/mol. The fourth-order valence-electron chi connectivity index (χ4n) is 4.44. The van der Waals surface area contributed by atoms with Gasteiger partial charge in [-0.05, 0) is 65.1 Å². The van der Waals surface area contributed by atoms with E-state index < -0.39 is 23.9 Å². The molecule has 4 rings (SSSR count). The van der Waals surface area contributed by atoms with E-state index in [0.29, 0.717) is 26.1 Å². The first-order chi connectivity index (χ1) is 16.3. The third-order valence-electron chi connectivity index (χ3n) is 6.92. The highest BCUT2D eigenvalue weighted by Gasteiger charge is 2.52. The summed E-state index contributed by atoms with van der Waals surface area (Å²) in [5.74, 6) is 0. The Labute approximate surface area is 209 Å². The zero-order valence-electron chi connectivity index (χ0n) is 22.3. The second-order valence-corrected chi connectivity index (χ2v) is 11.5. The molecule has 1 amide bonds. The highest BCUT2D eigenvalue weighted by Crippen LogP contribution is 2.38. The molecule has 3 heterocycles. The van der Waals surface area contributed by atoms with Gasteiger partial charge in [0.1, 0.15) is 5.60 Å². The molecule has 2 aliphatic rings. The number of aromatic nitrogens is 2.